The van der Waals surface area contributed by atoms with Crippen LogP contribution in [0.25, 0.3) is 0 Å². The van der Waals surface area contributed by atoms with Crippen molar-refractivity contribution >= 4 is 10.0 Å². The fourth-order valence-electron chi connectivity index (χ4n) is 3.71. The third kappa shape index (κ3) is 4.82. The quantitative estimate of drug-likeness (QED) is 0.698. The molecule has 1 fully saturated rings. The maximum Gasteiger partial charge on any atom is 0.214 e. The number of nitriles is 1. The van der Waals surface area contributed by atoms with Gasteiger partial charge in [0.2, 0.25) is 10.0 Å². The van der Waals surface area contributed by atoms with Gasteiger partial charge in [-0.05, 0) is 56.9 Å². The second kappa shape index (κ2) is 9.15. The van der Waals surface area contributed by atoms with Gasteiger partial charge >= 0.3 is 0 Å². The van der Waals surface area contributed by atoms with E-state index >= 15 is 4.39 Å². The van der Waals surface area contributed by atoms with Gasteiger partial charge in [-0.1, -0.05) is 36.8 Å². The van der Waals surface area contributed by atoms with Crippen molar-refractivity contribution in [1.29, 1.82) is 5.26 Å². The summed E-state index contributed by atoms with van der Waals surface area (Å²) in [6, 6.07) is 15.3. The molecule has 0 unspecified atom stereocenters. The van der Waals surface area contributed by atoms with Crippen LogP contribution in [-0.2, 0) is 22.3 Å². The molecule has 2 aromatic carbocycles. The highest BCUT2D eigenvalue weighted by atomic mass is 32.2. The van der Waals surface area contributed by atoms with E-state index in [0.29, 0.717) is 29.7 Å². The first-order chi connectivity index (χ1) is 14.3. The fraction of sp³-hybridized carbons (Fsp3) is 0.435. The highest BCUT2D eigenvalue weighted by molar-refractivity contribution is 7.90. The molecule has 0 aliphatic heterocycles. The molecule has 0 bridgehead atoms. The molecule has 1 saturated carbocycles. The minimum absolute atomic E-state index is 0.237. The van der Waals surface area contributed by atoms with E-state index in [1.807, 2.05) is 12.1 Å². The van der Waals surface area contributed by atoms with Gasteiger partial charge in [0.05, 0.1) is 22.9 Å². The second-order valence-electron chi connectivity index (χ2n) is 7.95. The van der Waals surface area contributed by atoms with Gasteiger partial charge in [0.1, 0.15) is 12.4 Å². The molecule has 2 atom stereocenters. The Kier molecular flexibility index (Phi) is 6.79. The number of nitrogens with zero attached hydrogens (tertiary/aromatic N) is 1. The number of rotatable bonds is 7. The fourth-order valence-corrected chi connectivity index (χ4v) is 4.68. The molecule has 30 heavy (non-hydrogen) atoms. The van der Waals surface area contributed by atoms with Crippen molar-refractivity contribution in [3.63, 3.8) is 0 Å². The molecule has 1 N–H and O–H groups in total. The lowest BCUT2D eigenvalue weighted by molar-refractivity contribution is 0.0711. The Morgan fingerprint density at radius 3 is 2.57 bits per heavy atom. The minimum atomic E-state index is -3.57. The molecule has 0 saturated heterocycles. The van der Waals surface area contributed by atoms with Crippen LogP contribution >= 0.6 is 0 Å². The topological polar surface area (TPSA) is 79.2 Å². The standard InChI is InChI=1S/C23H27FN2O3S/c1-17(2)30(27,28)26-22-9-5-6-14-23(22,24)20-10-12-21(13-11-20)29-16-19-8-4-3-7-18(19)15-25/h3-4,7-8,10-13,17,22,26H,5-6,9,14,16H2,1-2H3/t22-,23+/m0/s1. The van der Waals surface area contributed by atoms with Crippen molar-refractivity contribution in [2.75, 3.05) is 0 Å². The van der Waals surface area contributed by atoms with Crippen molar-refractivity contribution < 1.29 is 17.5 Å². The largest absolute Gasteiger partial charge is 0.489 e. The van der Waals surface area contributed by atoms with E-state index in [1.54, 1.807) is 50.2 Å². The van der Waals surface area contributed by atoms with E-state index in [4.69, 9.17) is 10.00 Å². The van der Waals surface area contributed by atoms with Crippen LogP contribution in [0.3, 0.4) is 0 Å². The van der Waals surface area contributed by atoms with Crippen LogP contribution in [0, 0.1) is 11.3 Å². The SMILES string of the molecule is CC(C)S(=O)(=O)N[C@H]1CCCC[C@@]1(F)c1ccc(OCc2ccccc2C#N)cc1. The van der Waals surface area contributed by atoms with Crippen molar-refractivity contribution in [3.8, 4) is 11.8 Å². The Morgan fingerprint density at radius 2 is 1.90 bits per heavy atom. The Hall–Kier alpha value is -2.43. The lowest BCUT2D eigenvalue weighted by atomic mass is 9.77. The summed E-state index contributed by atoms with van der Waals surface area (Å²) in [6.45, 7) is 3.41. The molecule has 2 aromatic rings. The van der Waals surface area contributed by atoms with Crippen molar-refractivity contribution in [1.82, 2.24) is 4.72 Å². The number of halogens is 1. The lowest BCUT2D eigenvalue weighted by Gasteiger charge is -2.38. The van der Waals surface area contributed by atoms with Gasteiger partial charge in [-0.15, -0.1) is 0 Å². The van der Waals surface area contributed by atoms with E-state index in [1.165, 1.54) is 0 Å². The molecule has 0 aromatic heterocycles. The number of ether oxygens (including phenoxy) is 1. The normalized spacial score (nSPS) is 21.9. The molecule has 1 aliphatic rings. The number of alkyl halides is 1. The maximum atomic E-state index is 16.0. The zero-order valence-electron chi connectivity index (χ0n) is 17.3. The van der Waals surface area contributed by atoms with Gasteiger partial charge in [0.15, 0.2) is 5.67 Å². The summed E-state index contributed by atoms with van der Waals surface area (Å²) in [7, 11) is -3.57. The van der Waals surface area contributed by atoms with Crippen LogP contribution in [0.5, 0.6) is 5.75 Å². The van der Waals surface area contributed by atoms with E-state index in [2.05, 4.69) is 10.8 Å². The summed E-state index contributed by atoms with van der Waals surface area (Å²) >= 11 is 0. The molecular formula is C23H27FN2O3S. The number of hydrogen-bond acceptors (Lipinski definition) is 4. The molecule has 1 aliphatic carbocycles. The Morgan fingerprint density at radius 1 is 1.20 bits per heavy atom. The highest BCUT2D eigenvalue weighted by Gasteiger charge is 2.44. The van der Waals surface area contributed by atoms with E-state index in [0.717, 1.165) is 12.0 Å². The second-order valence-corrected chi connectivity index (χ2v) is 10.2. The van der Waals surface area contributed by atoms with E-state index in [9.17, 15) is 8.42 Å². The molecule has 0 radical (unpaired) electrons. The summed E-state index contributed by atoms with van der Waals surface area (Å²) in [4.78, 5) is 0. The zero-order valence-corrected chi connectivity index (χ0v) is 18.1. The molecule has 0 spiro atoms. The third-order valence-corrected chi connectivity index (χ3v) is 7.48. The molecular weight excluding hydrogens is 403 g/mol. The van der Waals surface area contributed by atoms with Gasteiger partial charge in [-0.2, -0.15) is 5.26 Å². The zero-order chi connectivity index (χ0) is 21.8. The first-order valence-electron chi connectivity index (χ1n) is 10.2. The summed E-state index contributed by atoms with van der Waals surface area (Å²) in [5, 5.41) is 8.55. The number of benzene rings is 2. The molecule has 3 rings (SSSR count). The van der Waals surface area contributed by atoms with Crippen LogP contribution in [0.1, 0.15) is 56.2 Å². The van der Waals surface area contributed by atoms with Crippen LogP contribution in [0.2, 0.25) is 0 Å². The first-order valence-corrected chi connectivity index (χ1v) is 11.7. The van der Waals surface area contributed by atoms with Crippen LogP contribution in [0.4, 0.5) is 4.39 Å². The maximum absolute atomic E-state index is 16.0. The predicted molar refractivity (Wildman–Crippen MR) is 114 cm³/mol. The molecule has 5 nitrogen and oxygen atoms in total. The monoisotopic (exact) mass is 430 g/mol. The summed E-state index contributed by atoms with van der Waals surface area (Å²) in [5.41, 5.74) is 0.0239. The van der Waals surface area contributed by atoms with Crippen molar-refractivity contribution in [3.05, 3.63) is 65.2 Å². The predicted octanol–water partition coefficient (Wildman–Crippen LogP) is 4.57. The highest BCUT2D eigenvalue weighted by Crippen LogP contribution is 2.42. The van der Waals surface area contributed by atoms with Crippen LogP contribution < -0.4 is 9.46 Å². The number of hydrogen-bond donors (Lipinski definition) is 1. The molecule has 7 heteroatoms. The molecule has 160 valence electrons. The van der Waals surface area contributed by atoms with Crippen molar-refractivity contribution in [2.24, 2.45) is 0 Å². The van der Waals surface area contributed by atoms with Gasteiger partial charge in [0, 0.05) is 5.56 Å². The third-order valence-electron chi connectivity index (χ3n) is 5.63. The van der Waals surface area contributed by atoms with Gasteiger partial charge in [0.25, 0.3) is 0 Å². The number of nitrogens with one attached hydrogen (secondary N) is 1. The summed E-state index contributed by atoms with van der Waals surface area (Å²) in [6.07, 6.45) is 2.23. The summed E-state index contributed by atoms with van der Waals surface area (Å²) < 4.78 is 49.0. The van der Waals surface area contributed by atoms with E-state index < -0.39 is 27.0 Å². The van der Waals surface area contributed by atoms with Crippen LogP contribution in [-0.4, -0.2) is 19.7 Å². The Bertz CT molecular complexity index is 1020. The Balaban J connectivity index is 1.75. The minimum Gasteiger partial charge on any atom is -0.489 e. The van der Waals surface area contributed by atoms with Crippen LogP contribution in [0.15, 0.2) is 48.5 Å². The van der Waals surface area contributed by atoms with Gasteiger partial charge in [-0.25, -0.2) is 17.5 Å². The lowest BCUT2D eigenvalue weighted by Crippen LogP contribution is -2.51. The average molecular weight is 431 g/mol. The van der Waals surface area contributed by atoms with E-state index in [-0.39, 0.29) is 13.0 Å². The average Bonchev–Trinajstić information content (AvgIpc) is 2.74. The first kappa shape index (κ1) is 22.3. The molecule has 0 amide bonds. The molecule has 0 heterocycles. The summed E-state index contributed by atoms with van der Waals surface area (Å²) in [5.74, 6) is 0.560. The smallest absolute Gasteiger partial charge is 0.214 e. The van der Waals surface area contributed by atoms with Gasteiger partial charge in [-0.3, -0.25) is 0 Å². The Labute approximate surface area is 177 Å². The van der Waals surface area contributed by atoms with Crippen molar-refractivity contribution in [2.45, 2.75) is 63.1 Å². The number of sulfonamides is 1. The van der Waals surface area contributed by atoms with Gasteiger partial charge < -0.3 is 4.74 Å².